The molecule has 1 rings (SSSR count). The first-order valence-electron chi connectivity index (χ1n) is 5.11. The van der Waals surface area contributed by atoms with Gasteiger partial charge in [-0.1, -0.05) is 34.8 Å². The third-order valence-corrected chi connectivity index (χ3v) is 6.66. The minimum absolute atomic E-state index is 0.496. The second kappa shape index (κ2) is 7.50. The number of aryl methyl sites for hydroxylation is 1. The molecule has 4 heteroatoms. The summed E-state index contributed by atoms with van der Waals surface area (Å²) >= 11 is 4.86. The van der Waals surface area contributed by atoms with Crippen molar-refractivity contribution in [3.8, 4) is 0 Å². The predicted octanol–water partition coefficient (Wildman–Crippen LogP) is 4.12. The summed E-state index contributed by atoms with van der Waals surface area (Å²) in [6.07, 6.45) is 6.56. The Hall–Kier alpha value is 1.24. The van der Waals surface area contributed by atoms with Crippen molar-refractivity contribution in [2.45, 2.75) is 39.0 Å². The van der Waals surface area contributed by atoms with Crippen LogP contribution in [0.25, 0.3) is 0 Å². The number of thiophene rings is 1. The summed E-state index contributed by atoms with van der Waals surface area (Å²) in [5.74, 6) is 0. The number of halogens is 2. The summed E-state index contributed by atoms with van der Waals surface area (Å²) in [5.41, 5.74) is 1.50. The van der Waals surface area contributed by atoms with Gasteiger partial charge in [-0.2, -0.15) is 11.3 Å². The molecule has 0 aromatic carbocycles. The quantitative estimate of drug-likeness (QED) is 0.548. The van der Waals surface area contributed by atoms with Crippen LogP contribution >= 0.6 is 36.3 Å². The molecule has 0 aliphatic heterocycles. The summed E-state index contributed by atoms with van der Waals surface area (Å²) in [6, 6.07) is 2.25. The highest BCUT2D eigenvalue weighted by Gasteiger charge is 2.08. The molecule has 0 radical (unpaired) electrons. The van der Waals surface area contributed by atoms with E-state index in [4.69, 9.17) is 9.07 Å². The third-order valence-electron chi connectivity index (χ3n) is 2.29. The number of hydrogen-bond donors (Lipinski definition) is 0. The Labute approximate surface area is 112 Å². The van der Waals surface area contributed by atoms with E-state index in [-0.39, 0.29) is 0 Å². The Morgan fingerprint density at radius 2 is 2.21 bits per heavy atom. The fraction of sp³-hybridized carbons (Fsp3) is 0.600. The number of hydrogen-bond acceptors (Lipinski definition) is 1. The maximum atomic E-state index is 6.01. The smallest absolute Gasteiger partial charge is 0.334 e. The highest BCUT2D eigenvalue weighted by Crippen LogP contribution is 2.20. The Morgan fingerprint density at radius 1 is 1.43 bits per heavy atom. The average molecular weight is 306 g/mol. The third kappa shape index (κ3) is 4.39. The average Bonchev–Trinajstić information content (AvgIpc) is 2.54. The zero-order valence-corrected chi connectivity index (χ0v) is 13.1. The largest absolute Gasteiger partial charge is 0.551 e. The molecule has 1 aromatic rings. The summed E-state index contributed by atoms with van der Waals surface area (Å²) < 4.78 is 2.71. The van der Waals surface area contributed by atoms with Gasteiger partial charge in [0.15, 0.2) is 0 Å². The van der Waals surface area contributed by atoms with E-state index in [1.807, 2.05) is 11.3 Å². The second-order valence-corrected chi connectivity index (χ2v) is 8.25. The fourth-order valence-corrected chi connectivity index (χ4v) is 5.86. The molecule has 0 unspecified atom stereocenters. The fourth-order valence-electron chi connectivity index (χ4n) is 1.50. The van der Waals surface area contributed by atoms with Crippen molar-refractivity contribution in [3.05, 3.63) is 15.4 Å². The molecule has 0 atom stereocenters. The van der Waals surface area contributed by atoms with Crippen LogP contribution < -0.4 is 3.01 Å². The number of unbranched alkanes of at least 4 members (excludes halogenated alkanes) is 3. The van der Waals surface area contributed by atoms with E-state index >= 15 is 0 Å². The van der Waals surface area contributed by atoms with Gasteiger partial charge in [-0.25, -0.2) is 0 Å². The van der Waals surface area contributed by atoms with Gasteiger partial charge in [0.1, 0.15) is 0 Å². The Morgan fingerprint density at radius 3 is 2.86 bits per heavy atom. The zero-order valence-electron chi connectivity index (χ0n) is 8.48. The van der Waals surface area contributed by atoms with Crippen molar-refractivity contribution in [1.29, 1.82) is 0 Å². The van der Waals surface area contributed by atoms with Gasteiger partial charge in [-0.05, 0) is 34.8 Å². The molecule has 0 aliphatic rings. The molecule has 76 valence electrons. The zero-order chi connectivity index (χ0) is 10.4. The molecule has 0 aliphatic carbocycles. The molecule has 0 fully saturated rings. The standard InChI is InChI=1S/C10H14BrS.ClH.Mg/c1-2-3-4-5-6-9-7-10(11)12-8-9;;/h7H,2-6H2,1H3;1H;/q;;+1/p-1. The predicted molar refractivity (Wildman–Crippen MR) is 71.1 cm³/mol. The van der Waals surface area contributed by atoms with Crippen LogP contribution in [-0.4, -0.2) is 19.3 Å². The van der Waals surface area contributed by atoms with Crippen molar-refractivity contribution in [3.63, 3.8) is 0 Å². The van der Waals surface area contributed by atoms with Crippen LogP contribution in [0.1, 0.15) is 38.2 Å². The lowest BCUT2D eigenvalue weighted by molar-refractivity contribution is 0.668. The first-order chi connectivity index (χ1) is 6.77. The Balaban J connectivity index is 2.41. The highest BCUT2D eigenvalue weighted by atomic mass is 79.9. The van der Waals surface area contributed by atoms with Crippen molar-refractivity contribution < 1.29 is 0 Å². The van der Waals surface area contributed by atoms with E-state index in [0.717, 1.165) is 0 Å². The van der Waals surface area contributed by atoms with E-state index < -0.39 is 19.3 Å². The van der Waals surface area contributed by atoms with E-state index in [0.29, 0.717) is 0 Å². The van der Waals surface area contributed by atoms with Gasteiger partial charge in [0.05, 0.1) is 3.79 Å². The van der Waals surface area contributed by atoms with Crippen molar-refractivity contribution in [1.82, 2.24) is 0 Å². The lowest BCUT2D eigenvalue weighted by Crippen LogP contribution is -2.08. The van der Waals surface area contributed by atoms with Gasteiger partial charge >= 0.3 is 19.3 Å². The maximum absolute atomic E-state index is 6.01. The molecular weight excluding hydrogens is 292 g/mol. The topological polar surface area (TPSA) is 0 Å². The summed E-state index contributed by atoms with van der Waals surface area (Å²) in [5, 5.41) is 0. The highest BCUT2D eigenvalue weighted by molar-refractivity contribution is 9.11. The normalized spacial score (nSPS) is 10.2. The van der Waals surface area contributed by atoms with Gasteiger partial charge < -0.3 is 9.07 Å². The molecule has 1 heterocycles. The lowest BCUT2D eigenvalue weighted by atomic mass is 10.1. The van der Waals surface area contributed by atoms with Crippen LogP contribution in [0.3, 0.4) is 0 Å². The van der Waals surface area contributed by atoms with Gasteiger partial charge in [0, 0.05) is 0 Å². The van der Waals surface area contributed by atoms with E-state index in [9.17, 15) is 0 Å². The molecule has 0 bridgehead atoms. The maximum Gasteiger partial charge on any atom is 0.551 e. The van der Waals surface area contributed by atoms with Crippen molar-refractivity contribution in [2.24, 2.45) is 0 Å². The molecule has 1 aromatic heterocycles. The summed E-state index contributed by atoms with van der Waals surface area (Å²) in [4.78, 5) is 0. The van der Waals surface area contributed by atoms with Gasteiger partial charge in [-0.15, -0.1) is 0 Å². The van der Waals surface area contributed by atoms with Gasteiger partial charge in [0.25, 0.3) is 0 Å². The molecule has 0 amide bonds. The first kappa shape index (κ1) is 13.3. The first-order valence-corrected chi connectivity index (χ1v) is 9.56. The van der Waals surface area contributed by atoms with E-state index in [2.05, 4.69) is 28.9 Å². The molecule has 0 saturated heterocycles. The van der Waals surface area contributed by atoms with Crippen LogP contribution in [0.2, 0.25) is 0 Å². The van der Waals surface area contributed by atoms with Crippen LogP contribution in [0.5, 0.6) is 0 Å². The summed E-state index contributed by atoms with van der Waals surface area (Å²) in [6.45, 7) is 2.25. The monoisotopic (exact) mass is 304 g/mol. The van der Waals surface area contributed by atoms with Crippen molar-refractivity contribution >= 4 is 58.6 Å². The minimum atomic E-state index is -0.496. The van der Waals surface area contributed by atoms with Gasteiger partial charge in [-0.3, -0.25) is 0 Å². The molecule has 0 nitrogen and oxygen atoms in total. The van der Waals surface area contributed by atoms with E-state index in [1.165, 1.54) is 44.5 Å². The molecule has 0 N–H and O–H groups in total. The van der Waals surface area contributed by atoms with Crippen LogP contribution in [0.15, 0.2) is 9.85 Å². The molecular formula is C10H14BrClMgS. The van der Waals surface area contributed by atoms with Crippen LogP contribution in [0, 0.1) is 0 Å². The molecule has 0 spiro atoms. The second-order valence-electron chi connectivity index (χ2n) is 3.44. The Bertz CT molecular complexity index is 275. The lowest BCUT2D eigenvalue weighted by Gasteiger charge is -2.00. The van der Waals surface area contributed by atoms with Crippen LogP contribution in [0.4, 0.5) is 0 Å². The van der Waals surface area contributed by atoms with E-state index in [1.54, 1.807) is 0 Å². The van der Waals surface area contributed by atoms with Crippen molar-refractivity contribution in [2.75, 3.05) is 0 Å². The SMILES string of the molecule is CCCCCCc1cc(Br)s[c]1[Mg][Cl]. The minimum Gasteiger partial charge on any atom is -0.334 e. The molecule has 0 saturated carbocycles. The van der Waals surface area contributed by atoms with Gasteiger partial charge in [0.2, 0.25) is 0 Å². The van der Waals surface area contributed by atoms with Crippen LogP contribution in [-0.2, 0) is 6.42 Å². The Kier molecular flexibility index (Phi) is 7.13. The summed E-state index contributed by atoms with van der Waals surface area (Å²) in [7, 11) is 6.01. The molecule has 14 heavy (non-hydrogen) atoms. The number of rotatable bonds is 6.